The normalized spacial score (nSPS) is 17.5. The quantitative estimate of drug-likeness (QED) is 0.728. The first kappa shape index (κ1) is 19.2. The smallest absolute Gasteiger partial charge is 0.262 e. The second-order valence-electron chi connectivity index (χ2n) is 7.38. The number of Topliss-reactive ketones (excluding diaryl/α,β-unsaturated/α-hetero) is 2. The van der Waals surface area contributed by atoms with E-state index in [1.165, 1.54) is 0 Å². The van der Waals surface area contributed by atoms with Crippen molar-refractivity contribution in [1.29, 1.82) is 0 Å². The molecule has 0 N–H and O–H groups in total. The molecule has 0 bridgehead atoms. The number of fused-ring (bicyclic) bond motifs is 1. The number of benzene rings is 1. The van der Waals surface area contributed by atoms with E-state index in [1.54, 1.807) is 11.5 Å². The number of aromatic nitrogens is 2. The summed E-state index contributed by atoms with van der Waals surface area (Å²) in [6, 6.07) is 5.09. The van der Waals surface area contributed by atoms with Crippen molar-refractivity contribution in [2.24, 2.45) is 0 Å². The second kappa shape index (κ2) is 7.99. The summed E-state index contributed by atoms with van der Waals surface area (Å²) in [4.78, 5) is 42.4. The molecule has 1 aromatic carbocycles. The second-order valence-corrected chi connectivity index (χ2v) is 7.38. The van der Waals surface area contributed by atoms with E-state index in [4.69, 9.17) is 0 Å². The Morgan fingerprint density at radius 3 is 2.78 bits per heavy atom. The largest absolute Gasteiger partial charge is 0.300 e. The molecule has 1 saturated carbocycles. The van der Waals surface area contributed by atoms with Crippen LogP contribution in [-0.2, 0) is 16.0 Å². The van der Waals surface area contributed by atoms with Crippen LogP contribution in [0.3, 0.4) is 0 Å². The Hall–Kier alpha value is -2.56. The molecule has 1 unspecified atom stereocenters. The van der Waals surface area contributed by atoms with Crippen LogP contribution >= 0.6 is 0 Å². The molecule has 0 spiro atoms. The van der Waals surface area contributed by atoms with Crippen LogP contribution < -0.4 is 5.56 Å². The molecule has 0 saturated heterocycles. The molecule has 1 fully saturated rings. The molecule has 142 valence electrons. The highest BCUT2D eigenvalue weighted by Crippen LogP contribution is 2.28. The maximum atomic E-state index is 13.3. The summed E-state index contributed by atoms with van der Waals surface area (Å²) in [6.07, 6.45) is 3.98. The molecular weight excluding hydrogens is 340 g/mol. The van der Waals surface area contributed by atoms with Gasteiger partial charge in [0, 0.05) is 19.3 Å². The summed E-state index contributed by atoms with van der Waals surface area (Å²) < 4.78 is 1.55. The van der Waals surface area contributed by atoms with Crippen LogP contribution in [0.1, 0.15) is 62.9 Å². The van der Waals surface area contributed by atoms with E-state index >= 15 is 0 Å². The third-order valence-electron chi connectivity index (χ3n) is 5.27. The minimum atomic E-state index is -0.477. The Labute approximate surface area is 159 Å². The van der Waals surface area contributed by atoms with Gasteiger partial charge in [-0.15, -0.1) is 0 Å². The van der Waals surface area contributed by atoms with E-state index in [2.05, 4.69) is 11.6 Å². The Balaban J connectivity index is 2.05. The number of allylic oxidation sites excluding steroid dienone is 1. The molecule has 1 aromatic heterocycles. The van der Waals surface area contributed by atoms with E-state index in [1.807, 2.05) is 25.1 Å². The molecule has 1 aliphatic carbocycles. The number of ketones is 2. The number of hydrogen-bond acceptors (Lipinski definition) is 4. The van der Waals surface area contributed by atoms with Gasteiger partial charge in [0.2, 0.25) is 0 Å². The molecule has 1 heterocycles. The zero-order valence-electron chi connectivity index (χ0n) is 16.1. The molecule has 0 aliphatic heterocycles. The predicted octanol–water partition coefficient (Wildman–Crippen LogP) is 3.86. The standard InChI is InChI=1S/C22H26N2O3/c1-4-6-17(25)11-10-16-7-5-8-18-21(16)22(27)24(15(3)23-18)19-12-9-14(2)13-20(19)26/h5,7-8,19H,2,4,6,9-13H2,1,3H3. The zero-order valence-corrected chi connectivity index (χ0v) is 16.1. The summed E-state index contributed by atoms with van der Waals surface area (Å²) in [5.41, 5.74) is 2.20. The highest BCUT2D eigenvalue weighted by Gasteiger charge is 2.28. The molecule has 5 heteroatoms. The first-order chi connectivity index (χ1) is 12.9. The van der Waals surface area contributed by atoms with Crippen LogP contribution in [0.25, 0.3) is 10.9 Å². The molecule has 0 radical (unpaired) electrons. The van der Waals surface area contributed by atoms with Crippen molar-refractivity contribution < 1.29 is 9.59 Å². The van der Waals surface area contributed by atoms with Crippen LogP contribution in [0.4, 0.5) is 0 Å². The van der Waals surface area contributed by atoms with Gasteiger partial charge < -0.3 is 0 Å². The number of carbonyl (C=O) groups excluding carboxylic acids is 2. The van der Waals surface area contributed by atoms with Crippen LogP contribution in [0.5, 0.6) is 0 Å². The van der Waals surface area contributed by atoms with Crippen molar-refractivity contribution in [2.75, 3.05) is 0 Å². The van der Waals surface area contributed by atoms with Crippen molar-refractivity contribution in [3.63, 3.8) is 0 Å². The highest BCUT2D eigenvalue weighted by atomic mass is 16.1. The predicted molar refractivity (Wildman–Crippen MR) is 106 cm³/mol. The number of carbonyl (C=O) groups is 2. The first-order valence-electron chi connectivity index (χ1n) is 9.64. The molecule has 2 aromatic rings. The van der Waals surface area contributed by atoms with E-state index in [0.717, 1.165) is 24.0 Å². The minimum absolute atomic E-state index is 0.0215. The monoisotopic (exact) mass is 366 g/mol. The van der Waals surface area contributed by atoms with Gasteiger partial charge >= 0.3 is 0 Å². The zero-order chi connectivity index (χ0) is 19.6. The van der Waals surface area contributed by atoms with Crippen molar-refractivity contribution in [3.05, 3.63) is 52.1 Å². The lowest BCUT2D eigenvalue weighted by Gasteiger charge is -2.26. The molecule has 0 amide bonds. The van der Waals surface area contributed by atoms with Gasteiger partial charge in [0.1, 0.15) is 11.6 Å². The molecule has 27 heavy (non-hydrogen) atoms. The Kier molecular flexibility index (Phi) is 5.68. The van der Waals surface area contributed by atoms with Gasteiger partial charge in [-0.1, -0.05) is 31.2 Å². The Morgan fingerprint density at radius 2 is 2.07 bits per heavy atom. The first-order valence-corrected chi connectivity index (χ1v) is 9.64. The summed E-state index contributed by atoms with van der Waals surface area (Å²) >= 11 is 0. The maximum Gasteiger partial charge on any atom is 0.262 e. The fourth-order valence-corrected chi connectivity index (χ4v) is 3.90. The van der Waals surface area contributed by atoms with E-state index in [9.17, 15) is 14.4 Å². The van der Waals surface area contributed by atoms with Gasteiger partial charge in [-0.25, -0.2) is 4.98 Å². The van der Waals surface area contributed by atoms with Crippen molar-refractivity contribution >= 4 is 22.5 Å². The van der Waals surface area contributed by atoms with E-state index in [0.29, 0.717) is 48.8 Å². The number of rotatable bonds is 6. The van der Waals surface area contributed by atoms with E-state index in [-0.39, 0.29) is 17.1 Å². The summed E-state index contributed by atoms with van der Waals surface area (Å²) in [5.74, 6) is 0.779. The molecular formula is C22H26N2O3. The van der Waals surface area contributed by atoms with Gasteiger partial charge in [-0.2, -0.15) is 0 Å². The average Bonchev–Trinajstić information content (AvgIpc) is 2.61. The van der Waals surface area contributed by atoms with Gasteiger partial charge in [-0.05, 0) is 44.2 Å². The summed E-state index contributed by atoms with van der Waals surface area (Å²) in [7, 11) is 0. The van der Waals surface area contributed by atoms with Crippen LogP contribution in [0.2, 0.25) is 0 Å². The summed E-state index contributed by atoms with van der Waals surface area (Å²) in [6.45, 7) is 7.66. The lowest BCUT2D eigenvalue weighted by atomic mass is 9.90. The summed E-state index contributed by atoms with van der Waals surface area (Å²) in [5, 5.41) is 0.532. The number of hydrogen-bond donors (Lipinski definition) is 0. The van der Waals surface area contributed by atoms with Gasteiger partial charge in [0.25, 0.3) is 5.56 Å². The average molecular weight is 366 g/mol. The highest BCUT2D eigenvalue weighted by molar-refractivity contribution is 5.87. The lowest BCUT2D eigenvalue weighted by Crippen LogP contribution is -2.35. The molecule has 5 nitrogen and oxygen atoms in total. The fraction of sp³-hybridized carbons (Fsp3) is 0.455. The molecule has 3 rings (SSSR count). The van der Waals surface area contributed by atoms with Crippen LogP contribution in [-0.4, -0.2) is 21.1 Å². The molecule has 1 atom stereocenters. The third-order valence-corrected chi connectivity index (χ3v) is 5.27. The van der Waals surface area contributed by atoms with Crippen molar-refractivity contribution in [2.45, 2.75) is 64.8 Å². The van der Waals surface area contributed by atoms with Gasteiger partial charge in [0.15, 0.2) is 5.78 Å². The van der Waals surface area contributed by atoms with Crippen LogP contribution in [0, 0.1) is 6.92 Å². The Bertz CT molecular complexity index is 971. The lowest BCUT2D eigenvalue weighted by molar-refractivity contribution is -0.122. The third kappa shape index (κ3) is 3.92. The van der Waals surface area contributed by atoms with Crippen LogP contribution in [0.15, 0.2) is 35.1 Å². The van der Waals surface area contributed by atoms with E-state index < -0.39 is 6.04 Å². The Morgan fingerprint density at radius 1 is 1.30 bits per heavy atom. The number of nitrogens with zero attached hydrogens (tertiary/aromatic N) is 2. The minimum Gasteiger partial charge on any atom is -0.300 e. The number of aryl methyl sites for hydroxylation is 2. The fourth-order valence-electron chi connectivity index (χ4n) is 3.90. The molecule has 1 aliphatic rings. The van der Waals surface area contributed by atoms with Crippen molar-refractivity contribution in [1.82, 2.24) is 9.55 Å². The maximum absolute atomic E-state index is 13.3. The van der Waals surface area contributed by atoms with Gasteiger partial charge in [0.05, 0.1) is 16.9 Å². The van der Waals surface area contributed by atoms with Crippen molar-refractivity contribution in [3.8, 4) is 0 Å². The van der Waals surface area contributed by atoms with Gasteiger partial charge in [-0.3, -0.25) is 19.0 Å². The SMILES string of the molecule is C=C1CCC(n2c(C)nc3cccc(CCC(=O)CCC)c3c2=O)C(=O)C1. The topological polar surface area (TPSA) is 69.0 Å².